The van der Waals surface area contributed by atoms with Crippen LogP contribution in [0.2, 0.25) is 0 Å². The molecule has 2 aromatic rings. The quantitative estimate of drug-likeness (QED) is 0.728. The minimum Gasteiger partial charge on any atom is -0.356 e. The fourth-order valence-corrected chi connectivity index (χ4v) is 1.53. The maximum Gasteiger partial charge on any atom is 0.417 e. The molecule has 0 radical (unpaired) electrons. The van der Waals surface area contributed by atoms with Crippen LogP contribution in [0.15, 0.2) is 22.7 Å². The van der Waals surface area contributed by atoms with Gasteiger partial charge in [-0.15, -0.1) is 0 Å². The second-order valence-electron chi connectivity index (χ2n) is 3.16. The zero-order chi connectivity index (χ0) is 11.1. The third-order valence-electron chi connectivity index (χ3n) is 2.21. The summed E-state index contributed by atoms with van der Waals surface area (Å²) in [6.07, 6.45) is -3.95. The molecule has 1 heterocycles. The molecule has 0 aliphatic heterocycles. The van der Waals surface area contributed by atoms with Gasteiger partial charge in [0.1, 0.15) is 0 Å². The lowest BCUT2D eigenvalue weighted by molar-refractivity contribution is -0.136. The molecule has 0 bridgehead atoms. The van der Waals surface area contributed by atoms with Crippen molar-refractivity contribution in [3.63, 3.8) is 0 Å². The molecule has 5 heteroatoms. The van der Waals surface area contributed by atoms with Crippen molar-refractivity contribution in [2.75, 3.05) is 0 Å². The van der Waals surface area contributed by atoms with Crippen molar-refractivity contribution >= 4 is 11.0 Å². The van der Waals surface area contributed by atoms with E-state index in [2.05, 4.69) is 5.16 Å². The molecule has 0 amide bonds. The zero-order valence-corrected chi connectivity index (χ0v) is 7.93. The summed E-state index contributed by atoms with van der Waals surface area (Å²) in [5.41, 5.74) is -0.155. The number of rotatable bonds is 1. The molecule has 2 rings (SSSR count). The average Bonchev–Trinajstić information content (AvgIpc) is 2.58. The molecule has 0 fully saturated rings. The normalized spacial score (nSPS) is 12.3. The van der Waals surface area contributed by atoms with Gasteiger partial charge in [0.2, 0.25) is 0 Å². The lowest BCUT2D eigenvalue weighted by atomic mass is 10.1. The van der Waals surface area contributed by atoms with Crippen molar-refractivity contribution < 1.29 is 17.7 Å². The zero-order valence-electron chi connectivity index (χ0n) is 7.93. The van der Waals surface area contributed by atoms with Gasteiger partial charge in [-0.2, -0.15) is 13.2 Å². The number of halogens is 3. The Balaban J connectivity index is 2.78. The maximum absolute atomic E-state index is 12.6. The first kappa shape index (κ1) is 10.0. The molecule has 2 nitrogen and oxygen atoms in total. The SMILES string of the molecule is CCc1noc2cccc(C(F)(F)F)c12. The van der Waals surface area contributed by atoms with E-state index in [1.807, 2.05) is 0 Å². The van der Waals surface area contributed by atoms with Crippen molar-refractivity contribution in [2.24, 2.45) is 0 Å². The van der Waals surface area contributed by atoms with Gasteiger partial charge in [-0.1, -0.05) is 18.1 Å². The van der Waals surface area contributed by atoms with Crippen molar-refractivity contribution in [3.05, 3.63) is 29.5 Å². The van der Waals surface area contributed by atoms with Crippen molar-refractivity contribution in [2.45, 2.75) is 19.5 Å². The van der Waals surface area contributed by atoms with Gasteiger partial charge < -0.3 is 4.52 Å². The fraction of sp³-hybridized carbons (Fsp3) is 0.300. The summed E-state index contributed by atoms with van der Waals surface area (Å²) in [6, 6.07) is 3.84. The molecule has 0 N–H and O–H groups in total. The smallest absolute Gasteiger partial charge is 0.356 e. The summed E-state index contributed by atoms with van der Waals surface area (Å²) >= 11 is 0. The van der Waals surface area contributed by atoms with Crippen LogP contribution in [0.4, 0.5) is 13.2 Å². The Kier molecular flexibility index (Phi) is 2.17. The molecule has 15 heavy (non-hydrogen) atoms. The predicted molar refractivity (Wildman–Crippen MR) is 48.4 cm³/mol. The molecule has 0 unspecified atom stereocenters. The van der Waals surface area contributed by atoms with Crippen LogP contribution in [0.5, 0.6) is 0 Å². The van der Waals surface area contributed by atoms with Crippen LogP contribution in [0.3, 0.4) is 0 Å². The predicted octanol–water partition coefficient (Wildman–Crippen LogP) is 3.41. The Morgan fingerprint density at radius 1 is 1.33 bits per heavy atom. The van der Waals surface area contributed by atoms with Gasteiger partial charge in [0.15, 0.2) is 5.58 Å². The minimum absolute atomic E-state index is 0.0764. The highest BCUT2D eigenvalue weighted by Gasteiger charge is 2.34. The standard InChI is InChI=1S/C10H8F3NO/c1-2-7-9-6(10(11,12)13)4-3-5-8(9)15-14-7/h3-5H,2H2,1H3. The van der Waals surface area contributed by atoms with E-state index in [0.717, 1.165) is 6.07 Å². The monoisotopic (exact) mass is 215 g/mol. The van der Waals surface area contributed by atoms with E-state index in [9.17, 15) is 13.2 Å². The Hall–Kier alpha value is -1.52. The molecule has 1 aromatic carbocycles. The van der Waals surface area contributed by atoms with Crippen LogP contribution < -0.4 is 0 Å². The van der Waals surface area contributed by atoms with E-state index in [4.69, 9.17) is 4.52 Å². The van der Waals surface area contributed by atoms with Crippen LogP contribution in [0.25, 0.3) is 11.0 Å². The molecule has 0 saturated heterocycles. The van der Waals surface area contributed by atoms with E-state index < -0.39 is 11.7 Å². The summed E-state index contributed by atoms with van der Waals surface area (Å²) in [7, 11) is 0. The van der Waals surface area contributed by atoms with Crippen molar-refractivity contribution in [1.82, 2.24) is 5.16 Å². The van der Waals surface area contributed by atoms with E-state index in [1.54, 1.807) is 6.92 Å². The fourth-order valence-electron chi connectivity index (χ4n) is 1.53. The minimum atomic E-state index is -4.37. The Bertz CT molecular complexity index is 487. The number of benzene rings is 1. The molecule has 0 atom stereocenters. The highest BCUT2D eigenvalue weighted by molar-refractivity contribution is 5.83. The summed E-state index contributed by atoms with van der Waals surface area (Å²) in [5, 5.41) is 3.69. The van der Waals surface area contributed by atoms with Gasteiger partial charge in [0, 0.05) is 0 Å². The Labute approximate surface area is 83.7 Å². The van der Waals surface area contributed by atoms with Gasteiger partial charge in [0.25, 0.3) is 0 Å². The number of nitrogens with zero attached hydrogens (tertiary/aromatic N) is 1. The van der Waals surface area contributed by atoms with Gasteiger partial charge in [0.05, 0.1) is 16.6 Å². The highest BCUT2D eigenvalue weighted by atomic mass is 19.4. The van der Waals surface area contributed by atoms with E-state index in [1.165, 1.54) is 12.1 Å². The van der Waals surface area contributed by atoms with Gasteiger partial charge in [-0.3, -0.25) is 0 Å². The van der Waals surface area contributed by atoms with Gasteiger partial charge in [-0.05, 0) is 18.6 Å². The summed E-state index contributed by atoms with van der Waals surface area (Å²) in [5.74, 6) is 0. The van der Waals surface area contributed by atoms with Crippen LogP contribution >= 0.6 is 0 Å². The number of aryl methyl sites for hydroxylation is 1. The van der Waals surface area contributed by atoms with Crippen LogP contribution in [0, 0.1) is 0 Å². The Morgan fingerprint density at radius 3 is 2.67 bits per heavy atom. The molecule has 1 aromatic heterocycles. The van der Waals surface area contributed by atoms with Crippen LogP contribution in [0.1, 0.15) is 18.2 Å². The lowest BCUT2D eigenvalue weighted by Crippen LogP contribution is -2.05. The molecule has 0 aliphatic rings. The number of aromatic nitrogens is 1. The number of fused-ring (bicyclic) bond motifs is 1. The number of hydrogen-bond donors (Lipinski definition) is 0. The molecule has 0 saturated carbocycles. The Morgan fingerprint density at radius 2 is 2.07 bits per heavy atom. The second-order valence-corrected chi connectivity index (χ2v) is 3.16. The lowest BCUT2D eigenvalue weighted by Gasteiger charge is -2.07. The third-order valence-corrected chi connectivity index (χ3v) is 2.21. The summed E-state index contributed by atoms with van der Waals surface area (Å²) in [6.45, 7) is 1.74. The van der Waals surface area contributed by atoms with Crippen molar-refractivity contribution in [1.29, 1.82) is 0 Å². The van der Waals surface area contributed by atoms with Crippen LogP contribution in [-0.2, 0) is 12.6 Å². The highest BCUT2D eigenvalue weighted by Crippen LogP contribution is 2.36. The van der Waals surface area contributed by atoms with E-state index in [0.29, 0.717) is 12.1 Å². The molecule has 0 spiro atoms. The topological polar surface area (TPSA) is 26.0 Å². The van der Waals surface area contributed by atoms with Gasteiger partial charge >= 0.3 is 6.18 Å². The largest absolute Gasteiger partial charge is 0.417 e. The summed E-state index contributed by atoms with van der Waals surface area (Å²) < 4.78 is 42.8. The third kappa shape index (κ3) is 1.58. The van der Waals surface area contributed by atoms with Gasteiger partial charge in [-0.25, -0.2) is 0 Å². The number of alkyl halides is 3. The van der Waals surface area contributed by atoms with Crippen LogP contribution in [-0.4, -0.2) is 5.16 Å². The van der Waals surface area contributed by atoms with Crippen molar-refractivity contribution in [3.8, 4) is 0 Å². The first-order chi connectivity index (χ1) is 7.04. The first-order valence-electron chi connectivity index (χ1n) is 4.48. The maximum atomic E-state index is 12.6. The first-order valence-corrected chi connectivity index (χ1v) is 4.48. The average molecular weight is 215 g/mol. The molecular weight excluding hydrogens is 207 g/mol. The molecule has 80 valence electrons. The number of hydrogen-bond acceptors (Lipinski definition) is 2. The molecule has 0 aliphatic carbocycles. The molecular formula is C10H8F3NO. The van der Waals surface area contributed by atoms with E-state index in [-0.39, 0.29) is 11.0 Å². The summed E-state index contributed by atoms with van der Waals surface area (Å²) in [4.78, 5) is 0. The second kappa shape index (κ2) is 3.25. The van der Waals surface area contributed by atoms with E-state index >= 15 is 0 Å².